The lowest BCUT2D eigenvalue weighted by atomic mass is 10.1. The second-order valence-electron chi connectivity index (χ2n) is 3.67. The van der Waals surface area contributed by atoms with Gasteiger partial charge in [-0.1, -0.05) is 23.2 Å². The van der Waals surface area contributed by atoms with Crippen LogP contribution < -0.4 is 0 Å². The maximum atomic E-state index is 13.2. The van der Waals surface area contributed by atoms with Crippen LogP contribution in [0.25, 0.3) is 11.3 Å². The molecule has 0 aliphatic rings. The number of pyridine rings is 1. The van der Waals surface area contributed by atoms with Gasteiger partial charge in [0.1, 0.15) is 5.82 Å². The Kier molecular flexibility index (Phi) is 4.02. The first-order valence-electron chi connectivity index (χ1n) is 5.22. The maximum absolute atomic E-state index is 13.2. The van der Waals surface area contributed by atoms with E-state index in [9.17, 15) is 9.18 Å². The number of ether oxygens (including phenoxy) is 1. The molecule has 6 heteroatoms. The number of aromatic nitrogens is 1. The van der Waals surface area contributed by atoms with Gasteiger partial charge >= 0.3 is 5.97 Å². The Morgan fingerprint density at radius 2 is 2.05 bits per heavy atom. The molecule has 1 aromatic carbocycles. The summed E-state index contributed by atoms with van der Waals surface area (Å²) in [6.45, 7) is 0. The Balaban J connectivity index is 2.68. The molecule has 0 atom stereocenters. The molecule has 2 rings (SSSR count). The van der Waals surface area contributed by atoms with Crippen LogP contribution in [0.1, 0.15) is 10.4 Å². The van der Waals surface area contributed by atoms with Gasteiger partial charge in [0, 0.05) is 10.6 Å². The molecule has 19 heavy (non-hydrogen) atoms. The second-order valence-corrected chi connectivity index (χ2v) is 4.51. The van der Waals surface area contributed by atoms with Gasteiger partial charge in [-0.15, -0.1) is 0 Å². The highest BCUT2D eigenvalue weighted by Gasteiger charge is 2.18. The third-order valence-corrected chi connectivity index (χ3v) is 3.01. The van der Waals surface area contributed by atoms with E-state index in [1.807, 2.05) is 0 Å². The topological polar surface area (TPSA) is 39.2 Å². The summed E-state index contributed by atoms with van der Waals surface area (Å²) >= 11 is 11.9. The van der Waals surface area contributed by atoms with Crippen molar-refractivity contribution in [3.05, 3.63) is 51.9 Å². The van der Waals surface area contributed by atoms with Gasteiger partial charge in [0.2, 0.25) is 0 Å². The Hall–Kier alpha value is -1.65. The summed E-state index contributed by atoms with van der Waals surface area (Å²) < 4.78 is 17.8. The molecule has 0 aliphatic heterocycles. The summed E-state index contributed by atoms with van der Waals surface area (Å²) in [4.78, 5) is 15.6. The summed E-state index contributed by atoms with van der Waals surface area (Å²) in [5.74, 6) is -1.33. The third kappa shape index (κ3) is 2.85. The molecule has 0 amide bonds. The van der Waals surface area contributed by atoms with Gasteiger partial charge in [-0.2, -0.15) is 0 Å². The normalized spacial score (nSPS) is 10.3. The van der Waals surface area contributed by atoms with E-state index in [0.717, 1.165) is 12.3 Å². The number of hydrogen-bond acceptors (Lipinski definition) is 3. The minimum absolute atomic E-state index is 0.00772. The molecule has 0 bridgehead atoms. The predicted octanol–water partition coefficient (Wildman–Crippen LogP) is 3.98. The van der Waals surface area contributed by atoms with Crippen molar-refractivity contribution in [1.29, 1.82) is 0 Å². The standard InChI is InChI=1S/C13H8Cl2FNO2/c1-19-13(18)10-5-8(16)6-17-12(10)9-4-7(14)2-3-11(9)15/h2-6H,1H3. The van der Waals surface area contributed by atoms with E-state index in [2.05, 4.69) is 9.72 Å². The molecule has 0 saturated carbocycles. The molecule has 0 unspecified atom stereocenters. The molecule has 0 aliphatic carbocycles. The first kappa shape index (κ1) is 13.8. The maximum Gasteiger partial charge on any atom is 0.340 e. The summed E-state index contributed by atoms with van der Waals surface area (Å²) in [5, 5.41) is 0.787. The van der Waals surface area contributed by atoms with E-state index >= 15 is 0 Å². The lowest BCUT2D eigenvalue weighted by Crippen LogP contribution is -2.06. The smallest absolute Gasteiger partial charge is 0.340 e. The van der Waals surface area contributed by atoms with Crippen LogP contribution in [0.5, 0.6) is 0 Å². The molecule has 98 valence electrons. The zero-order chi connectivity index (χ0) is 14.0. The molecule has 0 fully saturated rings. The Morgan fingerprint density at radius 1 is 1.32 bits per heavy atom. The fourth-order valence-electron chi connectivity index (χ4n) is 1.60. The van der Waals surface area contributed by atoms with Crippen LogP contribution in [0.3, 0.4) is 0 Å². The van der Waals surface area contributed by atoms with Crippen LogP contribution in [-0.2, 0) is 4.74 Å². The fourth-order valence-corrected chi connectivity index (χ4v) is 1.98. The van der Waals surface area contributed by atoms with Crippen LogP contribution in [0, 0.1) is 5.82 Å². The molecule has 3 nitrogen and oxygen atoms in total. The van der Waals surface area contributed by atoms with Crippen molar-refractivity contribution in [3.8, 4) is 11.3 Å². The van der Waals surface area contributed by atoms with E-state index in [-0.39, 0.29) is 11.3 Å². The third-order valence-electron chi connectivity index (χ3n) is 2.44. The first-order chi connectivity index (χ1) is 9.02. The number of nitrogens with zero attached hydrogens (tertiary/aromatic N) is 1. The number of hydrogen-bond donors (Lipinski definition) is 0. The largest absolute Gasteiger partial charge is 0.465 e. The minimum atomic E-state index is -0.696. The molecule has 0 radical (unpaired) electrons. The van der Waals surface area contributed by atoms with Gasteiger partial charge in [-0.05, 0) is 24.3 Å². The van der Waals surface area contributed by atoms with E-state index in [1.165, 1.54) is 7.11 Å². The van der Waals surface area contributed by atoms with Gasteiger partial charge < -0.3 is 4.74 Å². The summed E-state index contributed by atoms with van der Waals surface area (Å²) in [7, 11) is 1.20. The van der Waals surface area contributed by atoms with Crippen molar-refractivity contribution >= 4 is 29.2 Å². The number of esters is 1. The number of carbonyl (C=O) groups excluding carboxylic acids is 1. The SMILES string of the molecule is COC(=O)c1cc(F)cnc1-c1cc(Cl)ccc1Cl. The van der Waals surface area contributed by atoms with Crippen molar-refractivity contribution in [2.45, 2.75) is 0 Å². The van der Waals surface area contributed by atoms with Crippen molar-refractivity contribution < 1.29 is 13.9 Å². The zero-order valence-electron chi connectivity index (χ0n) is 9.78. The predicted molar refractivity (Wildman–Crippen MR) is 71.0 cm³/mol. The van der Waals surface area contributed by atoms with Crippen LogP contribution >= 0.6 is 23.2 Å². The number of halogens is 3. The van der Waals surface area contributed by atoms with E-state index in [0.29, 0.717) is 15.6 Å². The molecule has 1 heterocycles. The van der Waals surface area contributed by atoms with E-state index < -0.39 is 11.8 Å². The lowest BCUT2D eigenvalue weighted by Gasteiger charge is -2.09. The highest BCUT2D eigenvalue weighted by Crippen LogP contribution is 2.31. The van der Waals surface area contributed by atoms with E-state index in [1.54, 1.807) is 18.2 Å². The van der Waals surface area contributed by atoms with Gasteiger partial charge in [0.25, 0.3) is 0 Å². The van der Waals surface area contributed by atoms with Crippen molar-refractivity contribution in [1.82, 2.24) is 4.98 Å². The molecule has 1 aromatic heterocycles. The van der Waals surface area contributed by atoms with E-state index in [4.69, 9.17) is 23.2 Å². The fraction of sp³-hybridized carbons (Fsp3) is 0.0769. The van der Waals surface area contributed by atoms with Crippen LogP contribution in [-0.4, -0.2) is 18.1 Å². The van der Waals surface area contributed by atoms with Gasteiger partial charge in [-0.3, -0.25) is 4.98 Å². The average molecular weight is 300 g/mol. The number of carbonyl (C=O) groups is 1. The molecule has 0 N–H and O–H groups in total. The molecule has 0 saturated heterocycles. The Labute approximate surface area is 118 Å². The summed E-state index contributed by atoms with van der Waals surface area (Å²) in [6.07, 6.45) is 0.999. The Bertz CT molecular complexity index is 647. The van der Waals surface area contributed by atoms with Crippen LogP contribution in [0.4, 0.5) is 4.39 Å². The number of rotatable bonds is 2. The van der Waals surface area contributed by atoms with Crippen molar-refractivity contribution in [2.75, 3.05) is 7.11 Å². The average Bonchev–Trinajstić information content (AvgIpc) is 2.41. The van der Waals surface area contributed by atoms with Gasteiger partial charge in [-0.25, -0.2) is 9.18 Å². The molecular formula is C13H8Cl2FNO2. The quantitative estimate of drug-likeness (QED) is 0.787. The minimum Gasteiger partial charge on any atom is -0.465 e. The van der Waals surface area contributed by atoms with Crippen molar-refractivity contribution in [2.24, 2.45) is 0 Å². The second kappa shape index (κ2) is 5.55. The highest BCUT2D eigenvalue weighted by atomic mass is 35.5. The monoisotopic (exact) mass is 299 g/mol. The zero-order valence-corrected chi connectivity index (χ0v) is 11.3. The number of methoxy groups -OCH3 is 1. The molecule has 0 spiro atoms. The van der Waals surface area contributed by atoms with Gasteiger partial charge in [0.05, 0.1) is 29.6 Å². The molecule has 2 aromatic rings. The highest BCUT2D eigenvalue weighted by molar-refractivity contribution is 6.35. The van der Waals surface area contributed by atoms with Crippen LogP contribution in [0.15, 0.2) is 30.5 Å². The summed E-state index contributed by atoms with van der Waals surface area (Å²) in [5.41, 5.74) is 0.655. The summed E-state index contributed by atoms with van der Waals surface area (Å²) in [6, 6.07) is 5.78. The number of benzene rings is 1. The Morgan fingerprint density at radius 3 is 2.74 bits per heavy atom. The lowest BCUT2D eigenvalue weighted by molar-refractivity contribution is 0.0600. The molecular weight excluding hydrogens is 292 g/mol. The first-order valence-corrected chi connectivity index (χ1v) is 5.98. The van der Waals surface area contributed by atoms with Gasteiger partial charge in [0.15, 0.2) is 0 Å². The van der Waals surface area contributed by atoms with Crippen LogP contribution in [0.2, 0.25) is 10.0 Å². The van der Waals surface area contributed by atoms with Crippen molar-refractivity contribution in [3.63, 3.8) is 0 Å².